The van der Waals surface area contributed by atoms with Gasteiger partial charge in [-0.25, -0.2) is 0 Å². The lowest BCUT2D eigenvalue weighted by Crippen LogP contribution is -2.23. The average Bonchev–Trinajstić information content (AvgIpc) is 3.34. The van der Waals surface area contributed by atoms with E-state index in [-0.39, 0.29) is 0 Å². The third kappa shape index (κ3) is 4.97. The minimum Gasteiger partial charge on any atom is -0.496 e. The molecule has 1 saturated heterocycles. The summed E-state index contributed by atoms with van der Waals surface area (Å²) in [4.78, 5) is 2.39. The molecule has 154 valence electrons. The highest BCUT2D eigenvalue weighted by Crippen LogP contribution is 2.26. The van der Waals surface area contributed by atoms with Crippen LogP contribution in [0.3, 0.4) is 0 Å². The number of methoxy groups -OCH3 is 1. The van der Waals surface area contributed by atoms with Crippen molar-refractivity contribution in [3.05, 3.63) is 53.9 Å². The Labute approximate surface area is 176 Å². The van der Waals surface area contributed by atoms with Gasteiger partial charge >= 0.3 is 0 Å². The molecule has 0 spiro atoms. The van der Waals surface area contributed by atoms with Gasteiger partial charge in [-0.05, 0) is 49.6 Å². The molecule has 1 aliphatic rings. The van der Waals surface area contributed by atoms with Gasteiger partial charge in [0.1, 0.15) is 5.75 Å². The molecule has 0 saturated carbocycles. The van der Waals surface area contributed by atoms with Gasteiger partial charge in [-0.2, -0.15) is 0 Å². The maximum atomic E-state index is 5.44. The van der Waals surface area contributed by atoms with Crippen molar-refractivity contribution in [2.75, 3.05) is 31.6 Å². The fourth-order valence-electron chi connectivity index (χ4n) is 3.79. The van der Waals surface area contributed by atoms with E-state index < -0.39 is 0 Å². The van der Waals surface area contributed by atoms with Crippen molar-refractivity contribution in [1.82, 2.24) is 20.1 Å². The molecule has 1 N–H and O–H groups in total. The quantitative estimate of drug-likeness (QED) is 0.567. The minimum atomic E-state index is 0.792. The summed E-state index contributed by atoms with van der Waals surface area (Å²) in [6.45, 7) is 3.87. The maximum Gasteiger partial charge on any atom is 0.218 e. The Morgan fingerprint density at radius 1 is 1.00 bits per heavy atom. The molecular formula is C22H29N5OS. The van der Waals surface area contributed by atoms with Crippen LogP contribution < -0.4 is 15.0 Å². The summed E-state index contributed by atoms with van der Waals surface area (Å²) in [6.07, 6.45) is 8.15. The van der Waals surface area contributed by atoms with Crippen LogP contribution >= 0.6 is 11.3 Å². The Bertz CT molecular complexity index is 898. The van der Waals surface area contributed by atoms with Gasteiger partial charge in [-0.15, -0.1) is 10.2 Å². The predicted octanol–water partition coefficient (Wildman–Crippen LogP) is 4.05. The molecule has 0 aliphatic carbocycles. The normalized spacial score (nSPS) is 14.7. The molecule has 4 rings (SSSR count). The lowest BCUT2D eigenvalue weighted by Gasteiger charge is -2.17. The van der Waals surface area contributed by atoms with Crippen LogP contribution in [0.5, 0.6) is 5.75 Å². The number of para-hydroxylation sites is 1. The predicted molar refractivity (Wildman–Crippen MR) is 118 cm³/mol. The second-order valence-corrected chi connectivity index (χ2v) is 8.31. The van der Waals surface area contributed by atoms with E-state index in [1.807, 2.05) is 12.1 Å². The van der Waals surface area contributed by atoms with Crippen molar-refractivity contribution in [2.24, 2.45) is 0 Å². The number of anilines is 1. The average molecular weight is 412 g/mol. The van der Waals surface area contributed by atoms with E-state index in [0.717, 1.165) is 48.6 Å². The van der Waals surface area contributed by atoms with Crippen LogP contribution in [0.25, 0.3) is 5.13 Å². The molecule has 7 heteroatoms. The Morgan fingerprint density at radius 3 is 2.62 bits per heavy atom. The smallest absolute Gasteiger partial charge is 0.218 e. The topological polar surface area (TPSA) is 55.2 Å². The molecule has 29 heavy (non-hydrogen) atoms. The number of nitrogens with zero attached hydrogens (tertiary/aromatic N) is 4. The third-order valence-electron chi connectivity index (χ3n) is 5.39. The van der Waals surface area contributed by atoms with E-state index >= 15 is 0 Å². The first-order valence-electron chi connectivity index (χ1n) is 10.4. The van der Waals surface area contributed by atoms with Crippen molar-refractivity contribution < 1.29 is 4.74 Å². The Kier molecular flexibility index (Phi) is 6.79. The molecule has 3 heterocycles. The number of benzene rings is 1. The number of aromatic nitrogens is 3. The highest BCUT2D eigenvalue weighted by molar-refractivity contribution is 7.17. The molecule has 0 atom stereocenters. The largest absolute Gasteiger partial charge is 0.496 e. The van der Waals surface area contributed by atoms with Crippen LogP contribution in [0.4, 0.5) is 5.13 Å². The van der Waals surface area contributed by atoms with Gasteiger partial charge in [0.05, 0.1) is 7.11 Å². The summed E-state index contributed by atoms with van der Waals surface area (Å²) in [5.74, 6) is 0.951. The zero-order valence-corrected chi connectivity index (χ0v) is 17.8. The molecule has 6 nitrogen and oxygen atoms in total. The first-order chi connectivity index (χ1) is 14.3. The van der Waals surface area contributed by atoms with E-state index in [1.165, 1.54) is 36.9 Å². The van der Waals surface area contributed by atoms with E-state index in [1.54, 1.807) is 18.4 Å². The second-order valence-electron chi connectivity index (χ2n) is 7.38. The van der Waals surface area contributed by atoms with Crippen molar-refractivity contribution >= 4 is 16.5 Å². The van der Waals surface area contributed by atoms with E-state index in [9.17, 15) is 0 Å². The summed E-state index contributed by atoms with van der Waals surface area (Å²) in [6, 6.07) is 12.4. The molecule has 2 aromatic heterocycles. The van der Waals surface area contributed by atoms with Crippen LogP contribution in [-0.4, -0.2) is 41.5 Å². The third-order valence-corrected chi connectivity index (χ3v) is 6.37. The Hall–Kier alpha value is -2.38. The van der Waals surface area contributed by atoms with Crippen LogP contribution in [-0.2, 0) is 13.0 Å². The molecule has 0 amide bonds. The van der Waals surface area contributed by atoms with Gasteiger partial charge < -0.3 is 15.0 Å². The van der Waals surface area contributed by atoms with E-state index in [2.05, 4.69) is 55.4 Å². The summed E-state index contributed by atoms with van der Waals surface area (Å²) in [5, 5.41) is 14.5. The molecule has 0 unspecified atom stereocenters. The van der Waals surface area contributed by atoms with Crippen molar-refractivity contribution in [1.29, 1.82) is 0 Å². The van der Waals surface area contributed by atoms with Crippen LogP contribution in [0.15, 0.2) is 42.6 Å². The lowest BCUT2D eigenvalue weighted by molar-refractivity contribution is 0.409. The number of rotatable bonds is 8. The summed E-state index contributed by atoms with van der Waals surface area (Å²) >= 11 is 1.68. The number of hydrogen-bond donors (Lipinski definition) is 1. The monoisotopic (exact) mass is 411 g/mol. The number of ether oxygens (including phenoxy) is 1. The Morgan fingerprint density at radius 2 is 1.79 bits per heavy atom. The van der Waals surface area contributed by atoms with Gasteiger partial charge in [-0.1, -0.05) is 42.4 Å². The van der Waals surface area contributed by atoms with Gasteiger partial charge in [0.25, 0.3) is 0 Å². The van der Waals surface area contributed by atoms with E-state index in [4.69, 9.17) is 4.74 Å². The number of hydrogen-bond acceptors (Lipinski definition) is 6. The van der Waals surface area contributed by atoms with Crippen LogP contribution in [0.2, 0.25) is 0 Å². The standard InChI is InChI=1S/C22H29N5OS/c1-28-20-11-5-4-9-18(20)12-13-23-17-19-10-8-16-27(19)22-25-24-21(29-22)26-14-6-2-3-7-15-26/h4-5,8-11,16,23H,2-3,6-7,12-15,17H2,1H3. The molecule has 3 aromatic rings. The molecular weight excluding hydrogens is 382 g/mol. The van der Waals surface area contributed by atoms with Gasteiger partial charge in [0, 0.05) is 31.5 Å². The van der Waals surface area contributed by atoms with Crippen molar-refractivity contribution in [3.8, 4) is 10.9 Å². The first kappa shape index (κ1) is 19.9. The maximum absolute atomic E-state index is 5.44. The molecule has 0 bridgehead atoms. The van der Waals surface area contributed by atoms with Gasteiger partial charge in [0.15, 0.2) is 0 Å². The second kappa shape index (κ2) is 9.89. The van der Waals surface area contributed by atoms with E-state index in [0.29, 0.717) is 0 Å². The zero-order valence-electron chi connectivity index (χ0n) is 17.0. The van der Waals surface area contributed by atoms with Crippen molar-refractivity contribution in [2.45, 2.75) is 38.6 Å². The molecule has 1 aromatic carbocycles. The molecule has 1 aliphatic heterocycles. The number of nitrogens with one attached hydrogen (secondary N) is 1. The Balaban J connectivity index is 1.35. The van der Waals surface area contributed by atoms with Crippen LogP contribution in [0, 0.1) is 0 Å². The molecule has 1 fully saturated rings. The molecule has 0 radical (unpaired) electrons. The highest BCUT2D eigenvalue weighted by Gasteiger charge is 2.16. The fourth-order valence-corrected chi connectivity index (χ4v) is 4.71. The summed E-state index contributed by atoms with van der Waals surface area (Å²) < 4.78 is 7.58. The fraction of sp³-hybridized carbons (Fsp3) is 0.455. The van der Waals surface area contributed by atoms with Crippen LogP contribution in [0.1, 0.15) is 36.9 Å². The zero-order chi connectivity index (χ0) is 19.9. The highest BCUT2D eigenvalue weighted by atomic mass is 32.1. The SMILES string of the molecule is COc1ccccc1CCNCc1cccn1-c1nnc(N2CCCCCC2)s1. The lowest BCUT2D eigenvalue weighted by atomic mass is 10.1. The summed E-state index contributed by atoms with van der Waals surface area (Å²) in [5.41, 5.74) is 2.42. The van der Waals surface area contributed by atoms with Crippen molar-refractivity contribution in [3.63, 3.8) is 0 Å². The van der Waals surface area contributed by atoms with Gasteiger partial charge in [0.2, 0.25) is 10.3 Å². The minimum absolute atomic E-state index is 0.792. The van der Waals surface area contributed by atoms with Gasteiger partial charge in [-0.3, -0.25) is 4.57 Å². The summed E-state index contributed by atoms with van der Waals surface area (Å²) in [7, 11) is 1.72. The first-order valence-corrected chi connectivity index (χ1v) is 11.2.